The Labute approximate surface area is 162 Å². The second kappa shape index (κ2) is 8.30. The zero-order valence-electron chi connectivity index (χ0n) is 15.7. The third-order valence-corrected chi connectivity index (χ3v) is 4.74. The van der Waals surface area contributed by atoms with E-state index in [9.17, 15) is 4.79 Å². The average molecular weight is 382 g/mol. The van der Waals surface area contributed by atoms with Crippen molar-refractivity contribution < 1.29 is 13.8 Å². The van der Waals surface area contributed by atoms with Crippen molar-refractivity contribution in [1.82, 2.24) is 30.1 Å². The Morgan fingerprint density at radius 3 is 2.61 bits per heavy atom. The molecule has 0 atom stereocenters. The van der Waals surface area contributed by atoms with Crippen LogP contribution in [0.2, 0.25) is 0 Å². The molecular formula is C19H22N6O3. The van der Waals surface area contributed by atoms with Crippen molar-refractivity contribution in [1.29, 1.82) is 0 Å². The summed E-state index contributed by atoms with van der Waals surface area (Å²) in [4.78, 5) is 25.0. The van der Waals surface area contributed by atoms with Crippen LogP contribution >= 0.6 is 0 Å². The first kappa shape index (κ1) is 18.3. The van der Waals surface area contributed by atoms with Crippen LogP contribution in [0.25, 0.3) is 11.4 Å². The van der Waals surface area contributed by atoms with Crippen LogP contribution in [0.4, 0.5) is 0 Å². The molecule has 9 heteroatoms. The fraction of sp³-hybridized carbons (Fsp3) is 0.421. The summed E-state index contributed by atoms with van der Waals surface area (Å²) in [5.41, 5.74) is 1.73. The molecule has 4 heterocycles. The zero-order chi connectivity index (χ0) is 19.3. The highest BCUT2D eigenvalue weighted by molar-refractivity contribution is 5.76. The number of carbonyl (C=O) groups excluding carboxylic acids is 1. The summed E-state index contributed by atoms with van der Waals surface area (Å²) in [5.74, 6) is 1.96. The Bertz CT molecular complexity index is 915. The van der Waals surface area contributed by atoms with Gasteiger partial charge in [-0.15, -0.1) is 0 Å². The molecule has 0 radical (unpaired) electrons. The van der Waals surface area contributed by atoms with Crippen LogP contribution in [-0.4, -0.2) is 62.2 Å². The smallest absolute Gasteiger partial charge is 0.227 e. The highest BCUT2D eigenvalue weighted by atomic mass is 16.5. The Morgan fingerprint density at radius 1 is 1.11 bits per heavy atom. The lowest BCUT2D eigenvalue weighted by molar-refractivity contribution is -0.133. The van der Waals surface area contributed by atoms with Crippen LogP contribution in [0.15, 0.2) is 39.6 Å². The maximum Gasteiger partial charge on any atom is 0.227 e. The van der Waals surface area contributed by atoms with Gasteiger partial charge in [0.15, 0.2) is 5.76 Å². The van der Waals surface area contributed by atoms with Gasteiger partial charge in [-0.05, 0) is 19.1 Å². The first-order chi connectivity index (χ1) is 13.7. The maximum atomic E-state index is 12.5. The van der Waals surface area contributed by atoms with E-state index in [1.807, 2.05) is 30.0 Å². The Kier molecular flexibility index (Phi) is 5.43. The lowest BCUT2D eigenvalue weighted by Crippen LogP contribution is -2.48. The van der Waals surface area contributed by atoms with Crippen molar-refractivity contribution >= 4 is 5.91 Å². The minimum Gasteiger partial charge on any atom is -0.360 e. The van der Waals surface area contributed by atoms with Crippen molar-refractivity contribution in [2.24, 2.45) is 0 Å². The molecule has 3 aromatic rings. The number of carbonyl (C=O) groups is 1. The number of nitrogens with zero attached hydrogens (tertiary/aromatic N) is 6. The summed E-state index contributed by atoms with van der Waals surface area (Å²) in [6, 6.07) is 5.58. The van der Waals surface area contributed by atoms with Gasteiger partial charge in [0.2, 0.25) is 17.6 Å². The van der Waals surface area contributed by atoms with E-state index in [4.69, 9.17) is 9.05 Å². The number of hydrogen-bond acceptors (Lipinski definition) is 8. The second-order valence-corrected chi connectivity index (χ2v) is 6.84. The van der Waals surface area contributed by atoms with Gasteiger partial charge in [-0.3, -0.25) is 14.7 Å². The molecule has 0 unspecified atom stereocenters. The predicted octanol–water partition coefficient (Wildman–Crippen LogP) is 1.71. The van der Waals surface area contributed by atoms with Gasteiger partial charge < -0.3 is 13.9 Å². The van der Waals surface area contributed by atoms with Gasteiger partial charge in [-0.2, -0.15) is 4.98 Å². The molecule has 0 aromatic carbocycles. The fourth-order valence-electron chi connectivity index (χ4n) is 3.21. The molecule has 146 valence electrons. The molecule has 0 spiro atoms. The molecule has 3 aromatic heterocycles. The number of hydrogen-bond donors (Lipinski definition) is 0. The van der Waals surface area contributed by atoms with Gasteiger partial charge in [0, 0.05) is 63.0 Å². The van der Waals surface area contributed by atoms with Crippen molar-refractivity contribution in [3.63, 3.8) is 0 Å². The molecule has 0 bridgehead atoms. The summed E-state index contributed by atoms with van der Waals surface area (Å²) in [6.45, 7) is 5.68. The van der Waals surface area contributed by atoms with E-state index in [2.05, 4.69) is 25.2 Å². The average Bonchev–Trinajstić information content (AvgIpc) is 3.36. The number of piperazine rings is 1. The van der Waals surface area contributed by atoms with Crippen molar-refractivity contribution in [2.45, 2.75) is 26.3 Å². The van der Waals surface area contributed by atoms with E-state index >= 15 is 0 Å². The van der Waals surface area contributed by atoms with Gasteiger partial charge in [-0.25, -0.2) is 0 Å². The zero-order valence-corrected chi connectivity index (χ0v) is 15.7. The normalized spacial score (nSPS) is 15.1. The highest BCUT2D eigenvalue weighted by Gasteiger charge is 2.22. The van der Waals surface area contributed by atoms with Crippen molar-refractivity contribution in [3.05, 3.63) is 47.9 Å². The summed E-state index contributed by atoms with van der Waals surface area (Å²) < 4.78 is 10.5. The molecule has 1 fully saturated rings. The number of aryl methyl sites for hydroxylation is 2. The number of pyridine rings is 1. The monoisotopic (exact) mass is 382 g/mol. The Hall–Kier alpha value is -3.07. The molecule has 1 amide bonds. The van der Waals surface area contributed by atoms with Crippen LogP contribution in [0.1, 0.15) is 23.8 Å². The van der Waals surface area contributed by atoms with Crippen LogP contribution in [0, 0.1) is 6.92 Å². The Morgan fingerprint density at radius 2 is 1.89 bits per heavy atom. The summed E-state index contributed by atoms with van der Waals surface area (Å²) >= 11 is 0. The molecule has 9 nitrogen and oxygen atoms in total. The van der Waals surface area contributed by atoms with Crippen LogP contribution in [0.3, 0.4) is 0 Å². The fourth-order valence-corrected chi connectivity index (χ4v) is 3.21. The largest absolute Gasteiger partial charge is 0.360 e. The highest BCUT2D eigenvalue weighted by Crippen LogP contribution is 2.15. The molecule has 0 saturated carbocycles. The minimum absolute atomic E-state index is 0.110. The van der Waals surface area contributed by atoms with Crippen LogP contribution in [0.5, 0.6) is 0 Å². The second-order valence-electron chi connectivity index (χ2n) is 6.84. The topological polar surface area (TPSA) is 101 Å². The van der Waals surface area contributed by atoms with E-state index in [1.165, 1.54) is 0 Å². The number of aromatic nitrogens is 4. The van der Waals surface area contributed by atoms with Gasteiger partial charge >= 0.3 is 0 Å². The summed E-state index contributed by atoms with van der Waals surface area (Å²) in [7, 11) is 0. The molecule has 1 aliphatic heterocycles. The molecule has 4 rings (SSSR count). The standard InChI is InChI=1S/C19H22N6O3/c1-14-12-16(27-22-14)13-24-8-10-25(11-9-24)18(26)3-2-17-21-19(23-28-17)15-4-6-20-7-5-15/h4-7,12H,2-3,8-11,13H2,1H3. The maximum absolute atomic E-state index is 12.5. The van der Waals surface area contributed by atoms with Crippen LogP contribution in [-0.2, 0) is 17.8 Å². The van der Waals surface area contributed by atoms with E-state index in [0.717, 1.165) is 36.7 Å². The third-order valence-electron chi connectivity index (χ3n) is 4.74. The van der Waals surface area contributed by atoms with Gasteiger partial charge in [0.1, 0.15) is 0 Å². The quantitative estimate of drug-likeness (QED) is 0.635. The molecule has 0 aliphatic carbocycles. The molecular weight excluding hydrogens is 360 g/mol. The predicted molar refractivity (Wildman–Crippen MR) is 98.9 cm³/mol. The van der Waals surface area contributed by atoms with E-state index in [-0.39, 0.29) is 5.91 Å². The van der Waals surface area contributed by atoms with Crippen LogP contribution < -0.4 is 0 Å². The molecule has 0 N–H and O–H groups in total. The summed E-state index contributed by atoms with van der Waals surface area (Å²) in [6.07, 6.45) is 4.16. The lowest BCUT2D eigenvalue weighted by Gasteiger charge is -2.34. The van der Waals surface area contributed by atoms with Gasteiger partial charge in [0.05, 0.1) is 12.2 Å². The van der Waals surface area contributed by atoms with Crippen molar-refractivity contribution in [3.8, 4) is 11.4 Å². The summed E-state index contributed by atoms with van der Waals surface area (Å²) in [5, 5.41) is 7.88. The Balaban J connectivity index is 1.23. The van der Waals surface area contributed by atoms with E-state index in [0.29, 0.717) is 37.6 Å². The van der Waals surface area contributed by atoms with Crippen molar-refractivity contribution in [2.75, 3.05) is 26.2 Å². The first-order valence-electron chi connectivity index (χ1n) is 9.33. The first-order valence-corrected chi connectivity index (χ1v) is 9.33. The van der Waals surface area contributed by atoms with E-state index < -0.39 is 0 Å². The number of amides is 1. The lowest BCUT2D eigenvalue weighted by atomic mass is 10.2. The molecule has 1 saturated heterocycles. The van der Waals surface area contributed by atoms with Gasteiger partial charge in [0.25, 0.3) is 0 Å². The third kappa shape index (κ3) is 4.42. The van der Waals surface area contributed by atoms with Gasteiger partial charge in [-0.1, -0.05) is 10.3 Å². The number of rotatable bonds is 6. The molecule has 28 heavy (non-hydrogen) atoms. The van der Waals surface area contributed by atoms with E-state index in [1.54, 1.807) is 12.4 Å². The minimum atomic E-state index is 0.110. The SMILES string of the molecule is Cc1cc(CN2CCN(C(=O)CCc3nc(-c4ccncc4)no3)CC2)on1. The molecule has 1 aliphatic rings.